The summed E-state index contributed by atoms with van der Waals surface area (Å²) in [6, 6.07) is 0. The second kappa shape index (κ2) is 51.8. The van der Waals surface area contributed by atoms with E-state index < -0.39 is 13.9 Å². The molecule has 8 nitrogen and oxygen atoms in total. The molecule has 0 aliphatic carbocycles. The van der Waals surface area contributed by atoms with E-state index in [1.54, 1.807) is 0 Å². The van der Waals surface area contributed by atoms with Crippen LogP contribution in [0.2, 0.25) is 0 Å². The van der Waals surface area contributed by atoms with Gasteiger partial charge >= 0.3 is 5.97 Å². The van der Waals surface area contributed by atoms with Crippen LogP contribution in [0.5, 0.6) is 0 Å². The molecule has 0 fully saturated rings. The van der Waals surface area contributed by atoms with Crippen molar-refractivity contribution in [2.75, 3.05) is 54.1 Å². The van der Waals surface area contributed by atoms with E-state index in [0.29, 0.717) is 24.1 Å². The zero-order valence-electron chi connectivity index (χ0n) is 45.2. The molecule has 398 valence electrons. The van der Waals surface area contributed by atoms with Crippen molar-refractivity contribution in [3.63, 3.8) is 0 Å². The summed E-state index contributed by atoms with van der Waals surface area (Å²) >= 11 is 0. The molecule has 0 bridgehead atoms. The van der Waals surface area contributed by atoms with Crippen molar-refractivity contribution in [2.24, 2.45) is 0 Å². The maximum Gasteiger partial charge on any atom is 0.306 e. The molecular formula is C60H106NO7P. The van der Waals surface area contributed by atoms with Crippen molar-refractivity contribution in [1.82, 2.24) is 0 Å². The molecule has 0 rings (SSSR count). The van der Waals surface area contributed by atoms with Gasteiger partial charge in [-0.1, -0.05) is 214 Å². The number of quaternary nitrogens is 1. The average molecular weight is 984 g/mol. The monoisotopic (exact) mass is 984 g/mol. The number of phosphoric ester groups is 1. The minimum absolute atomic E-state index is 0.0169. The number of rotatable bonds is 51. The Balaban J connectivity index is 4.16. The first-order chi connectivity index (χ1) is 33.6. The highest BCUT2D eigenvalue weighted by molar-refractivity contribution is 7.45. The average Bonchev–Trinajstić information content (AvgIpc) is 3.31. The molecule has 0 spiro atoms. The lowest BCUT2D eigenvalue weighted by atomic mass is 10.0. The van der Waals surface area contributed by atoms with Gasteiger partial charge in [-0.15, -0.1) is 0 Å². The van der Waals surface area contributed by atoms with Gasteiger partial charge in [-0.3, -0.25) is 9.36 Å². The van der Waals surface area contributed by atoms with E-state index in [0.717, 1.165) is 89.9 Å². The van der Waals surface area contributed by atoms with Gasteiger partial charge in [0.05, 0.1) is 34.4 Å². The van der Waals surface area contributed by atoms with Gasteiger partial charge in [0, 0.05) is 13.0 Å². The molecule has 9 heteroatoms. The lowest BCUT2D eigenvalue weighted by Crippen LogP contribution is -2.37. The summed E-state index contributed by atoms with van der Waals surface area (Å²) in [5.41, 5.74) is 0. The van der Waals surface area contributed by atoms with Crippen LogP contribution in [0, 0.1) is 0 Å². The molecule has 0 aliphatic rings. The van der Waals surface area contributed by atoms with Crippen LogP contribution in [0.4, 0.5) is 0 Å². The number of carbonyl (C=O) groups excluding carboxylic acids is 1. The highest BCUT2D eigenvalue weighted by atomic mass is 31.2. The summed E-state index contributed by atoms with van der Waals surface area (Å²) in [4.78, 5) is 25.3. The Kier molecular flexibility index (Phi) is 49.8. The van der Waals surface area contributed by atoms with Crippen molar-refractivity contribution in [3.8, 4) is 0 Å². The number of ether oxygens (including phenoxy) is 2. The molecule has 0 aliphatic heterocycles. The maximum atomic E-state index is 12.8. The molecule has 2 atom stereocenters. The molecule has 0 saturated carbocycles. The molecule has 0 heterocycles. The van der Waals surface area contributed by atoms with E-state index in [9.17, 15) is 14.3 Å². The van der Waals surface area contributed by atoms with Crippen LogP contribution in [0.3, 0.4) is 0 Å². The molecule has 0 aromatic carbocycles. The number of carbonyl (C=O) groups is 1. The van der Waals surface area contributed by atoms with Crippen LogP contribution in [0.15, 0.2) is 97.2 Å². The number of esters is 1. The molecule has 0 aromatic heterocycles. The predicted octanol–water partition coefficient (Wildman–Crippen LogP) is 17.1. The number of hydrogen-bond acceptors (Lipinski definition) is 7. The summed E-state index contributed by atoms with van der Waals surface area (Å²) < 4.78 is 34.8. The number of nitrogens with zero attached hydrogens (tertiary/aromatic N) is 1. The third-order valence-electron chi connectivity index (χ3n) is 11.6. The van der Waals surface area contributed by atoms with Crippen LogP contribution >= 0.6 is 7.82 Å². The first kappa shape index (κ1) is 66.4. The SMILES string of the molecule is CC/C=C\C/C=C\C/C=C\C/C=C\C/C=C\CCCCCCCCOCC(COP(=O)([O-])OCC[N+](C)(C)C)OC(=O)CCCCCCCCCCCC/C=C\C/C=C\C/C=C\CCCCCCC. The lowest BCUT2D eigenvalue weighted by Gasteiger charge is -2.28. The molecule has 0 saturated heterocycles. The molecule has 0 N–H and O–H groups in total. The fraction of sp³-hybridized carbons (Fsp3) is 0.717. The number of hydrogen-bond donors (Lipinski definition) is 0. The van der Waals surface area contributed by atoms with Crippen molar-refractivity contribution < 1.29 is 37.3 Å². The smallest absolute Gasteiger partial charge is 0.306 e. The van der Waals surface area contributed by atoms with Gasteiger partial charge in [0.1, 0.15) is 19.3 Å². The quantitative estimate of drug-likeness (QED) is 0.0197. The second-order valence-electron chi connectivity index (χ2n) is 19.6. The summed E-state index contributed by atoms with van der Waals surface area (Å²) in [5.74, 6) is -0.346. The Hall–Kier alpha value is -2.58. The Bertz CT molecular complexity index is 1420. The topological polar surface area (TPSA) is 94.1 Å². The predicted molar refractivity (Wildman–Crippen MR) is 295 cm³/mol. The molecule has 0 amide bonds. The maximum absolute atomic E-state index is 12.8. The molecule has 0 aromatic rings. The fourth-order valence-corrected chi connectivity index (χ4v) is 8.07. The second-order valence-corrected chi connectivity index (χ2v) is 21.0. The number of likely N-dealkylation sites (N-methyl/N-ethyl adjacent to an activating group) is 1. The summed E-state index contributed by atoms with van der Waals surface area (Å²) in [6.45, 7) is 5.24. The lowest BCUT2D eigenvalue weighted by molar-refractivity contribution is -0.870. The first-order valence-electron chi connectivity index (χ1n) is 28.0. The van der Waals surface area contributed by atoms with E-state index in [1.165, 1.54) is 109 Å². The van der Waals surface area contributed by atoms with Gasteiger partial charge in [-0.25, -0.2) is 0 Å². The summed E-state index contributed by atoms with van der Waals surface area (Å²) in [6.07, 6.45) is 71.5. The molecular weight excluding hydrogens is 878 g/mol. The van der Waals surface area contributed by atoms with Crippen molar-refractivity contribution in [3.05, 3.63) is 97.2 Å². The zero-order chi connectivity index (χ0) is 50.5. The van der Waals surface area contributed by atoms with Crippen molar-refractivity contribution in [2.45, 2.75) is 225 Å². The summed E-state index contributed by atoms with van der Waals surface area (Å²) in [5, 5.41) is 0. The Morgan fingerprint density at radius 3 is 1.26 bits per heavy atom. The number of phosphoric acid groups is 1. The zero-order valence-corrected chi connectivity index (χ0v) is 46.1. The molecule has 0 radical (unpaired) electrons. The van der Waals surface area contributed by atoms with Gasteiger partial charge in [0.25, 0.3) is 7.82 Å². The van der Waals surface area contributed by atoms with Crippen LogP contribution in [0.25, 0.3) is 0 Å². The molecule has 2 unspecified atom stereocenters. The standard InChI is InChI=1S/C60H106NO7P/c1-6-8-10-12-14-16-18-20-22-24-26-28-30-31-32-33-35-37-39-41-43-45-47-49-51-53-60(62)68-59(58-67-69(63,64)66-56-54-61(3,4)5)57-65-55-52-50-48-46-44-42-40-38-36-34-29-27-25-23-21-19-17-15-13-11-9-7-2/h9,11,15,17-18,20-21,23-24,26-27,29-31,36,38,59H,6-8,10,12-14,16,19,22,25,28,32-35,37,39-58H2,1-5H3/b11-9-,17-15-,20-18-,23-21-,26-24-,29-27-,31-30-,38-36-. The van der Waals surface area contributed by atoms with E-state index in [4.69, 9.17) is 18.5 Å². The van der Waals surface area contributed by atoms with Gasteiger partial charge in [0.15, 0.2) is 0 Å². The fourth-order valence-electron chi connectivity index (χ4n) is 7.35. The van der Waals surface area contributed by atoms with Crippen LogP contribution < -0.4 is 4.89 Å². The van der Waals surface area contributed by atoms with E-state index in [1.807, 2.05) is 21.1 Å². The van der Waals surface area contributed by atoms with Crippen molar-refractivity contribution in [1.29, 1.82) is 0 Å². The Morgan fingerprint density at radius 2 is 0.841 bits per heavy atom. The highest BCUT2D eigenvalue weighted by Gasteiger charge is 2.20. The number of unbranched alkanes of at least 4 members (excludes halogenated alkanes) is 21. The third kappa shape index (κ3) is 56.2. The minimum atomic E-state index is -4.55. The Labute approximate surface area is 426 Å². The minimum Gasteiger partial charge on any atom is -0.756 e. The van der Waals surface area contributed by atoms with Crippen LogP contribution in [0.1, 0.15) is 219 Å². The van der Waals surface area contributed by atoms with Gasteiger partial charge < -0.3 is 27.9 Å². The Morgan fingerprint density at radius 1 is 0.464 bits per heavy atom. The van der Waals surface area contributed by atoms with Gasteiger partial charge in [-0.05, 0) is 96.3 Å². The van der Waals surface area contributed by atoms with E-state index >= 15 is 0 Å². The first-order valence-corrected chi connectivity index (χ1v) is 29.4. The van der Waals surface area contributed by atoms with Crippen molar-refractivity contribution >= 4 is 13.8 Å². The van der Waals surface area contributed by atoms with E-state index in [-0.39, 0.29) is 25.8 Å². The van der Waals surface area contributed by atoms with Crippen LogP contribution in [-0.2, 0) is 27.9 Å². The normalized spacial score (nSPS) is 14.2. The van der Waals surface area contributed by atoms with E-state index in [2.05, 4.69) is 111 Å². The van der Waals surface area contributed by atoms with Crippen LogP contribution in [-0.4, -0.2) is 70.7 Å². The number of allylic oxidation sites excluding steroid dienone is 16. The highest BCUT2D eigenvalue weighted by Crippen LogP contribution is 2.38. The largest absolute Gasteiger partial charge is 0.756 e. The third-order valence-corrected chi connectivity index (χ3v) is 12.6. The molecule has 69 heavy (non-hydrogen) atoms. The summed E-state index contributed by atoms with van der Waals surface area (Å²) in [7, 11) is 1.33. The van der Waals surface area contributed by atoms with Gasteiger partial charge in [-0.2, -0.15) is 0 Å². The van der Waals surface area contributed by atoms with Gasteiger partial charge in [0.2, 0.25) is 0 Å².